The highest BCUT2D eigenvalue weighted by atomic mass is 16.8. The van der Waals surface area contributed by atoms with Crippen LogP contribution in [-0.4, -0.2) is 188 Å². The summed E-state index contributed by atoms with van der Waals surface area (Å²) in [7, 11) is 0. The van der Waals surface area contributed by atoms with Crippen LogP contribution in [0.2, 0.25) is 0 Å². The van der Waals surface area contributed by atoms with E-state index >= 15 is 0 Å². The second kappa shape index (κ2) is 19.7. The van der Waals surface area contributed by atoms with Crippen molar-refractivity contribution in [1.82, 2.24) is 0 Å². The smallest absolute Gasteiger partial charge is 0.330 e. The first-order chi connectivity index (χ1) is 31.7. The van der Waals surface area contributed by atoms with Crippen molar-refractivity contribution in [2.24, 2.45) is 0 Å². The van der Waals surface area contributed by atoms with Gasteiger partial charge in [0.1, 0.15) is 90.1 Å². The Labute approximate surface area is 375 Å². The first-order valence-corrected chi connectivity index (χ1v) is 20.1. The van der Waals surface area contributed by atoms with E-state index in [9.17, 15) is 86.2 Å². The molecule has 15 atom stereocenters. The molecule has 3 saturated heterocycles. The second-order valence-electron chi connectivity index (χ2n) is 15.7. The molecule has 3 aliphatic rings. The number of phenolic OH excluding ortho intramolecular Hbond substituents is 7. The highest BCUT2D eigenvalue weighted by Crippen LogP contribution is 2.44. The lowest BCUT2D eigenvalue weighted by Gasteiger charge is -2.48. The fourth-order valence-electron chi connectivity index (χ4n) is 7.47. The standard InChI is InChI=1S/C42H46O25/c1-13-27(51)33(57)38(41(61-13)65-37-31(55)26-19(47)9-16(44)10-22(26)62-36(37)15-7-20(48)28(52)21(49)8-15)67-42-39(66-40-35(59)32(56)29(53)23(11-43)63-40)34(58)30(54)24(64-42)12-60-25(50)5-3-14-2-4-17(45)18(46)6-14/h2-10,13,23-24,27,29-30,32-35,38-49,51-54,56-59H,11-12H2,1H3/b5-3+/t13-,23+,24+,27-,29+,30+,32-,33+,34-,35+,38+,39+,40-,41-,42-/m0/s1. The highest BCUT2D eigenvalue weighted by Gasteiger charge is 2.54. The van der Waals surface area contributed by atoms with Gasteiger partial charge in [0.2, 0.25) is 17.5 Å². The molecule has 0 bridgehead atoms. The van der Waals surface area contributed by atoms with Crippen molar-refractivity contribution in [2.45, 2.75) is 99.0 Å². The minimum atomic E-state index is -2.19. The van der Waals surface area contributed by atoms with E-state index in [4.69, 9.17) is 37.6 Å². The number of hydrogen-bond acceptors (Lipinski definition) is 25. The fourth-order valence-corrected chi connectivity index (χ4v) is 7.47. The summed E-state index contributed by atoms with van der Waals surface area (Å²) in [5, 5.41) is 157. The van der Waals surface area contributed by atoms with Crippen molar-refractivity contribution >= 4 is 23.0 Å². The maximum absolute atomic E-state index is 14.2. The molecule has 0 unspecified atom stereocenters. The molecule has 15 N–H and O–H groups in total. The average molecular weight is 951 g/mol. The molecule has 3 aliphatic heterocycles. The topological polar surface area (TPSA) is 415 Å². The van der Waals surface area contributed by atoms with Gasteiger partial charge >= 0.3 is 5.97 Å². The van der Waals surface area contributed by atoms with Crippen molar-refractivity contribution in [3.05, 3.63) is 64.3 Å². The van der Waals surface area contributed by atoms with Crippen molar-refractivity contribution in [3.63, 3.8) is 0 Å². The van der Waals surface area contributed by atoms with Gasteiger partial charge in [0.15, 0.2) is 53.2 Å². The third-order valence-electron chi connectivity index (χ3n) is 11.1. The van der Waals surface area contributed by atoms with Crippen molar-refractivity contribution in [2.75, 3.05) is 13.2 Å². The first-order valence-electron chi connectivity index (χ1n) is 20.1. The Kier molecular flexibility index (Phi) is 14.3. The van der Waals surface area contributed by atoms with E-state index in [2.05, 4.69) is 0 Å². The zero-order chi connectivity index (χ0) is 48.8. The summed E-state index contributed by atoms with van der Waals surface area (Å²) in [6.45, 7) is -0.508. The van der Waals surface area contributed by atoms with Gasteiger partial charge in [0, 0.05) is 23.8 Å². The van der Waals surface area contributed by atoms with E-state index in [1.807, 2.05) is 0 Å². The van der Waals surface area contributed by atoms with Gasteiger partial charge in [-0.2, -0.15) is 0 Å². The normalized spacial score (nSPS) is 32.3. The molecule has 67 heavy (non-hydrogen) atoms. The summed E-state index contributed by atoms with van der Waals surface area (Å²) >= 11 is 0. The maximum atomic E-state index is 14.2. The van der Waals surface area contributed by atoms with Crippen LogP contribution in [0.1, 0.15) is 12.5 Å². The lowest BCUT2D eigenvalue weighted by molar-refractivity contribution is -0.388. The highest BCUT2D eigenvalue weighted by molar-refractivity contribution is 5.89. The molecule has 0 radical (unpaired) electrons. The number of aliphatic hydroxyl groups excluding tert-OH is 8. The first kappa shape index (κ1) is 48.9. The number of aliphatic hydroxyl groups is 8. The Bertz CT molecular complexity index is 2500. The number of rotatable bonds is 12. The number of hydrogen-bond donors (Lipinski definition) is 15. The summed E-state index contributed by atoms with van der Waals surface area (Å²) in [6, 6.07) is 7.01. The molecule has 3 fully saturated rings. The minimum Gasteiger partial charge on any atom is -0.508 e. The number of phenols is 7. The van der Waals surface area contributed by atoms with E-state index in [0.29, 0.717) is 0 Å². The van der Waals surface area contributed by atoms with Gasteiger partial charge in [-0.3, -0.25) is 4.79 Å². The predicted octanol–water partition coefficient (Wildman–Crippen LogP) is -2.48. The van der Waals surface area contributed by atoms with Crippen LogP contribution < -0.4 is 10.2 Å². The SMILES string of the molecule is C[C@@H]1O[C@@H](Oc2c(-c3cc(O)c(O)c(O)c3)oc3cc(O)cc(O)c3c2=O)[C@H](O[C@@H]2O[C@H](COC(=O)/C=C/c3ccc(O)c(O)c3)[C@@H](O)[C@H](O)[C@H]2O[C@@H]2O[C@H](CO)[C@@H](O)[C@H](O)[C@H]2O)[C@H](O)[C@H]1O. The molecule has 25 heteroatoms. The van der Waals surface area contributed by atoms with Gasteiger partial charge in [-0.25, -0.2) is 4.79 Å². The summed E-state index contributed by atoms with van der Waals surface area (Å²) in [4.78, 5) is 27.0. The van der Waals surface area contributed by atoms with Gasteiger partial charge in [-0.15, -0.1) is 0 Å². The molecule has 4 heterocycles. The average Bonchev–Trinajstić information content (AvgIpc) is 3.28. The Morgan fingerprint density at radius 1 is 0.657 bits per heavy atom. The van der Waals surface area contributed by atoms with Crippen LogP contribution in [0.15, 0.2) is 57.8 Å². The van der Waals surface area contributed by atoms with Crippen LogP contribution in [0.3, 0.4) is 0 Å². The molecule has 1 aromatic heterocycles. The third kappa shape index (κ3) is 9.86. The van der Waals surface area contributed by atoms with Crippen LogP contribution in [-0.2, 0) is 33.2 Å². The van der Waals surface area contributed by atoms with Gasteiger partial charge < -0.3 is 114 Å². The van der Waals surface area contributed by atoms with Crippen LogP contribution in [0.4, 0.5) is 0 Å². The lowest BCUT2D eigenvalue weighted by Crippen LogP contribution is -2.67. The zero-order valence-electron chi connectivity index (χ0n) is 34.6. The summed E-state index contributed by atoms with van der Waals surface area (Å²) in [5.74, 6) is -7.73. The summed E-state index contributed by atoms with van der Waals surface area (Å²) < 4.78 is 46.1. The third-order valence-corrected chi connectivity index (χ3v) is 11.1. The molecule has 25 nitrogen and oxygen atoms in total. The number of ether oxygens (including phenoxy) is 7. The number of fused-ring (bicyclic) bond motifs is 1. The Morgan fingerprint density at radius 2 is 1.28 bits per heavy atom. The molecule has 4 aromatic rings. The monoisotopic (exact) mass is 950 g/mol. The van der Waals surface area contributed by atoms with Crippen LogP contribution in [0.5, 0.6) is 46.0 Å². The van der Waals surface area contributed by atoms with Crippen molar-refractivity contribution in [3.8, 4) is 57.3 Å². The molecule has 0 spiro atoms. The predicted molar refractivity (Wildman–Crippen MR) is 217 cm³/mol. The van der Waals surface area contributed by atoms with E-state index in [-0.39, 0.29) is 11.1 Å². The molecule has 0 saturated carbocycles. The number of carbonyl (C=O) groups is 1. The van der Waals surface area contributed by atoms with E-state index in [1.165, 1.54) is 19.1 Å². The van der Waals surface area contributed by atoms with Crippen LogP contribution >= 0.6 is 0 Å². The van der Waals surface area contributed by atoms with Crippen molar-refractivity contribution in [1.29, 1.82) is 0 Å². The summed E-state index contributed by atoms with van der Waals surface area (Å²) in [5.41, 5.74) is -1.77. The van der Waals surface area contributed by atoms with E-state index in [1.54, 1.807) is 0 Å². The number of carbonyl (C=O) groups excluding carboxylic acids is 1. The van der Waals surface area contributed by atoms with Gasteiger partial charge in [-0.05, 0) is 42.8 Å². The molecular formula is C42H46O25. The Balaban J connectivity index is 1.25. The maximum Gasteiger partial charge on any atom is 0.330 e. The van der Waals surface area contributed by atoms with Gasteiger partial charge in [0.05, 0.1) is 12.7 Å². The number of esters is 1. The fraction of sp³-hybridized carbons (Fsp3) is 0.429. The van der Waals surface area contributed by atoms with Gasteiger partial charge in [-0.1, -0.05) is 6.07 Å². The molecular weight excluding hydrogens is 904 g/mol. The van der Waals surface area contributed by atoms with E-state index in [0.717, 1.165) is 42.5 Å². The van der Waals surface area contributed by atoms with E-state index < -0.39 is 179 Å². The van der Waals surface area contributed by atoms with Gasteiger partial charge in [0.25, 0.3) is 0 Å². The minimum absolute atomic E-state index is 0.254. The molecule has 7 rings (SSSR count). The molecule has 0 aliphatic carbocycles. The largest absolute Gasteiger partial charge is 0.508 e. The molecule has 3 aromatic carbocycles. The Morgan fingerprint density at radius 3 is 1.96 bits per heavy atom. The molecule has 364 valence electrons. The summed E-state index contributed by atoms with van der Waals surface area (Å²) in [6.07, 6.45) is -27.2. The molecule has 0 amide bonds. The Hall–Kier alpha value is -6.04. The van der Waals surface area contributed by atoms with Crippen molar-refractivity contribution < 1.29 is 119 Å². The lowest BCUT2D eigenvalue weighted by atomic mass is 9.96. The number of benzene rings is 3. The zero-order valence-corrected chi connectivity index (χ0v) is 34.6. The van der Waals surface area contributed by atoms with Crippen LogP contribution in [0, 0.1) is 0 Å². The second-order valence-corrected chi connectivity index (χ2v) is 15.7. The van der Waals surface area contributed by atoms with Crippen LogP contribution in [0.25, 0.3) is 28.4 Å². The quantitative estimate of drug-likeness (QED) is 0.0397. The number of aromatic hydroxyl groups is 7.